The van der Waals surface area contributed by atoms with Crippen LogP contribution in [0.2, 0.25) is 0 Å². The Morgan fingerprint density at radius 1 is 1.32 bits per heavy atom. The van der Waals surface area contributed by atoms with E-state index in [0.717, 1.165) is 21.0 Å². The van der Waals surface area contributed by atoms with Gasteiger partial charge >= 0.3 is 0 Å². The number of aromatic nitrogens is 3. The number of aromatic amines is 1. The molecule has 25 heavy (non-hydrogen) atoms. The molecule has 9 heteroatoms. The van der Waals surface area contributed by atoms with Gasteiger partial charge in [-0.05, 0) is 25.8 Å². The maximum atomic E-state index is 12.2. The number of anilines is 1. The minimum absolute atomic E-state index is 0.0576. The zero-order valence-electron chi connectivity index (χ0n) is 14.0. The van der Waals surface area contributed by atoms with Crippen molar-refractivity contribution in [2.75, 3.05) is 12.3 Å². The molecular formula is C16H19N5O2S2. The summed E-state index contributed by atoms with van der Waals surface area (Å²) >= 11 is 2.89. The Labute approximate surface area is 152 Å². The van der Waals surface area contributed by atoms with E-state index in [9.17, 15) is 9.59 Å². The Bertz CT molecular complexity index is 973. The molecule has 0 aromatic carbocycles. The molecule has 0 saturated heterocycles. The topological polar surface area (TPSA) is 114 Å². The van der Waals surface area contributed by atoms with E-state index < -0.39 is 0 Å². The molecule has 3 aromatic heterocycles. The third-order valence-corrected chi connectivity index (χ3v) is 5.77. The summed E-state index contributed by atoms with van der Waals surface area (Å²) in [7, 11) is 0. The number of carbonyl (C=O) groups excluding carboxylic acids is 1. The molecule has 4 N–H and O–H groups in total. The van der Waals surface area contributed by atoms with E-state index in [2.05, 4.69) is 20.3 Å². The van der Waals surface area contributed by atoms with Crippen LogP contribution in [0.3, 0.4) is 0 Å². The highest BCUT2D eigenvalue weighted by Crippen LogP contribution is 2.25. The first kappa shape index (κ1) is 17.6. The lowest BCUT2D eigenvalue weighted by molar-refractivity contribution is -0.121. The highest BCUT2D eigenvalue weighted by Gasteiger charge is 2.12. The van der Waals surface area contributed by atoms with Gasteiger partial charge < -0.3 is 16.0 Å². The highest BCUT2D eigenvalue weighted by atomic mass is 32.1. The van der Waals surface area contributed by atoms with Gasteiger partial charge in [0, 0.05) is 29.6 Å². The summed E-state index contributed by atoms with van der Waals surface area (Å²) in [5, 5.41) is 5.88. The second-order valence-electron chi connectivity index (χ2n) is 5.75. The molecule has 7 nitrogen and oxygen atoms in total. The molecule has 0 bridgehead atoms. The smallest absolute Gasteiger partial charge is 0.259 e. The number of nitrogens with two attached hydrogens (primary N) is 1. The molecule has 0 fully saturated rings. The van der Waals surface area contributed by atoms with E-state index in [1.54, 1.807) is 0 Å². The van der Waals surface area contributed by atoms with Gasteiger partial charge in [-0.2, -0.15) is 0 Å². The van der Waals surface area contributed by atoms with Gasteiger partial charge in [0.2, 0.25) is 5.91 Å². The lowest BCUT2D eigenvalue weighted by Crippen LogP contribution is -2.27. The highest BCUT2D eigenvalue weighted by molar-refractivity contribution is 7.18. The number of fused-ring (bicyclic) bond motifs is 1. The normalized spacial score (nSPS) is 11.1. The zero-order chi connectivity index (χ0) is 18.0. The second-order valence-corrected chi connectivity index (χ2v) is 7.85. The number of aryl methyl sites for hydroxylation is 3. The van der Waals surface area contributed by atoms with E-state index in [-0.39, 0.29) is 11.5 Å². The number of thiophene rings is 1. The number of H-pyrrole nitrogens is 1. The Kier molecular flexibility index (Phi) is 5.14. The molecule has 0 saturated carbocycles. The summed E-state index contributed by atoms with van der Waals surface area (Å²) < 4.78 is 0. The lowest BCUT2D eigenvalue weighted by atomic mass is 10.2. The number of nitrogens with one attached hydrogen (secondary N) is 2. The monoisotopic (exact) mass is 377 g/mol. The van der Waals surface area contributed by atoms with Gasteiger partial charge in [0.25, 0.3) is 5.56 Å². The van der Waals surface area contributed by atoms with E-state index >= 15 is 0 Å². The molecule has 3 heterocycles. The Morgan fingerprint density at radius 2 is 2.12 bits per heavy atom. The summed E-state index contributed by atoms with van der Waals surface area (Å²) in [4.78, 5) is 37.4. The van der Waals surface area contributed by atoms with Crippen LogP contribution in [0.1, 0.15) is 28.4 Å². The average Bonchev–Trinajstić information content (AvgIpc) is 3.09. The summed E-state index contributed by atoms with van der Waals surface area (Å²) in [5.41, 5.74) is 7.26. The van der Waals surface area contributed by atoms with Crippen molar-refractivity contribution in [2.24, 2.45) is 0 Å². The van der Waals surface area contributed by atoms with Crippen LogP contribution in [0, 0.1) is 13.8 Å². The van der Waals surface area contributed by atoms with Crippen molar-refractivity contribution in [1.29, 1.82) is 0 Å². The molecule has 0 aliphatic heterocycles. The summed E-state index contributed by atoms with van der Waals surface area (Å²) in [6, 6.07) is 0. The average molecular weight is 377 g/mol. The molecule has 0 aliphatic carbocycles. The Hall–Kier alpha value is -2.26. The van der Waals surface area contributed by atoms with Crippen molar-refractivity contribution >= 4 is 43.9 Å². The van der Waals surface area contributed by atoms with Crippen molar-refractivity contribution in [3.63, 3.8) is 0 Å². The Morgan fingerprint density at radius 3 is 2.84 bits per heavy atom. The van der Waals surface area contributed by atoms with Crippen LogP contribution in [-0.2, 0) is 17.6 Å². The van der Waals surface area contributed by atoms with Gasteiger partial charge in [-0.15, -0.1) is 22.7 Å². The Balaban J connectivity index is 1.54. The van der Waals surface area contributed by atoms with E-state index in [0.29, 0.717) is 42.1 Å². The summed E-state index contributed by atoms with van der Waals surface area (Å²) in [5.74, 6) is 0.532. The summed E-state index contributed by atoms with van der Waals surface area (Å²) in [6.45, 7) is 4.34. The minimum atomic E-state index is -0.116. The van der Waals surface area contributed by atoms with Crippen LogP contribution >= 0.6 is 22.7 Å². The molecular weight excluding hydrogens is 358 g/mol. The largest absolute Gasteiger partial charge is 0.375 e. The first-order valence-electron chi connectivity index (χ1n) is 7.89. The van der Waals surface area contributed by atoms with E-state index in [1.165, 1.54) is 22.7 Å². The van der Waals surface area contributed by atoms with E-state index in [4.69, 9.17) is 5.73 Å². The second kappa shape index (κ2) is 7.32. The standard InChI is InChI=1S/C16H19N5O2S2/c1-8-9(2)25-15-13(8)14(23)20-11(21-15)5-6-18-12(22)4-3-10-7-24-16(17)19-10/h7H,3-6H2,1-2H3,(H2,17,19)(H,18,22)(H,20,21,23). The molecule has 1 amide bonds. The third kappa shape index (κ3) is 4.05. The van der Waals surface area contributed by atoms with Gasteiger partial charge in [-0.1, -0.05) is 0 Å². The maximum absolute atomic E-state index is 12.2. The van der Waals surface area contributed by atoms with Crippen LogP contribution in [0.4, 0.5) is 5.13 Å². The minimum Gasteiger partial charge on any atom is -0.375 e. The van der Waals surface area contributed by atoms with Crippen molar-refractivity contribution in [3.8, 4) is 0 Å². The van der Waals surface area contributed by atoms with Crippen molar-refractivity contribution in [2.45, 2.75) is 33.1 Å². The molecule has 132 valence electrons. The van der Waals surface area contributed by atoms with Crippen LogP contribution < -0.4 is 16.6 Å². The van der Waals surface area contributed by atoms with Gasteiger partial charge in [0.05, 0.1) is 11.1 Å². The molecule has 0 radical (unpaired) electrons. The number of hydrogen-bond acceptors (Lipinski definition) is 7. The molecule has 0 spiro atoms. The van der Waals surface area contributed by atoms with E-state index in [1.807, 2.05) is 19.2 Å². The summed E-state index contributed by atoms with van der Waals surface area (Å²) in [6.07, 6.45) is 1.40. The number of nitrogens with zero attached hydrogens (tertiary/aromatic N) is 2. The fourth-order valence-corrected chi connectivity index (χ4v) is 4.15. The number of carbonyl (C=O) groups is 1. The molecule has 3 rings (SSSR count). The van der Waals surface area contributed by atoms with Crippen molar-refractivity contribution in [1.82, 2.24) is 20.3 Å². The number of nitrogen functional groups attached to an aromatic ring is 1. The number of hydrogen-bond donors (Lipinski definition) is 3. The number of rotatable bonds is 6. The zero-order valence-corrected chi connectivity index (χ0v) is 15.6. The quantitative estimate of drug-likeness (QED) is 0.607. The lowest BCUT2D eigenvalue weighted by Gasteiger charge is -2.04. The van der Waals surface area contributed by atoms with Crippen LogP contribution in [0.25, 0.3) is 10.2 Å². The first-order valence-corrected chi connectivity index (χ1v) is 9.59. The van der Waals surface area contributed by atoms with Gasteiger partial charge in [0.1, 0.15) is 10.7 Å². The van der Waals surface area contributed by atoms with Crippen molar-refractivity contribution < 1.29 is 4.79 Å². The fourth-order valence-electron chi connectivity index (χ4n) is 2.51. The predicted octanol–water partition coefficient (Wildman–Crippen LogP) is 1.93. The van der Waals surface area contributed by atoms with Crippen LogP contribution in [0.5, 0.6) is 0 Å². The number of amides is 1. The SMILES string of the molecule is Cc1sc2nc(CCNC(=O)CCc3csc(N)n3)[nH]c(=O)c2c1C. The third-order valence-electron chi connectivity index (χ3n) is 3.95. The molecule has 0 unspecified atom stereocenters. The fraction of sp³-hybridized carbons (Fsp3) is 0.375. The number of thiazole rings is 1. The molecule has 0 aliphatic rings. The van der Waals surface area contributed by atoms with Crippen LogP contribution in [0.15, 0.2) is 10.2 Å². The molecule has 3 aromatic rings. The van der Waals surface area contributed by atoms with Gasteiger partial charge in [0.15, 0.2) is 5.13 Å². The molecule has 0 atom stereocenters. The first-order chi connectivity index (χ1) is 11.9. The van der Waals surface area contributed by atoms with Gasteiger partial charge in [-0.25, -0.2) is 9.97 Å². The predicted molar refractivity (Wildman–Crippen MR) is 101 cm³/mol. The van der Waals surface area contributed by atoms with Crippen molar-refractivity contribution in [3.05, 3.63) is 37.7 Å². The van der Waals surface area contributed by atoms with Gasteiger partial charge in [-0.3, -0.25) is 9.59 Å². The van der Waals surface area contributed by atoms with Crippen LogP contribution in [-0.4, -0.2) is 27.4 Å². The maximum Gasteiger partial charge on any atom is 0.259 e.